The minimum Gasteiger partial charge on any atom is -0.493 e. The van der Waals surface area contributed by atoms with Crippen molar-refractivity contribution in [1.29, 1.82) is 0 Å². The summed E-state index contributed by atoms with van der Waals surface area (Å²) in [6.45, 7) is 2.79. The molecule has 1 aliphatic rings. The summed E-state index contributed by atoms with van der Waals surface area (Å²) in [7, 11) is 1.52. The van der Waals surface area contributed by atoms with Crippen molar-refractivity contribution in [3.05, 3.63) is 46.5 Å². The molecule has 1 aliphatic heterocycles. The molecule has 0 saturated heterocycles. The van der Waals surface area contributed by atoms with Crippen molar-refractivity contribution in [3.8, 4) is 17.2 Å². The lowest BCUT2D eigenvalue weighted by Gasteiger charge is -2.21. The predicted molar refractivity (Wildman–Crippen MR) is 88.1 cm³/mol. The molecule has 2 aromatic rings. The summed E-state index contributed by atoms with van der Waals surface area (Å²) in [4.78, 5) is 12.5. The van der Waals surface area contributed by atoms with E-state index in [2.05, 4.69) is 5.32 Å². The van der Waals surface area contributed by atoms with Crippen LogP contribution in [0.2, 0.25) is 5.02 Å². The van der Waals surface area contributed by atoms with Crippen molar-refractivity contribution in [1.82, 2.24) is 0 Å². The van der Waals surface area contributed by atoms with Crippen LogP contribution in [-0.2, 0) is 0 Å². The molecule has 120 valence electrons. The maximum Gasteiger partial charge on any atom is 0.255 e. The van der Waals surface area contributed by atoms with Gasteiger partial charge in [-0.2, -0.15) is 0 Å². The van der Waals surface area contributed by atoms with Gasteiger partial charge < -0.3 is 19.5 Å². The first kappa shape index (κ1) is 15.5. The van der Waals surface area contributed by atoms with Crippen molar-refractivity contribution >= 4 is 23.2 Å². The van der Waals surface area contributed by atoms with Gasteiger partial charge in [-0.3, -0.25) is 4.79 Å². The number of carbonyl (C=O) groups is 1. The number of nitrogens with one attached hydrogen (secondary N) is 1. The molecule has 0 fully saturated rings. The number of fused-ring (bicyclic) bond motifs is 1. The second-order valence-electron chi connectivity index (χ2n) is 5.12. The SMILES string of the molecule is COc1cc(C(=O)Nc2cc(Cl)ccc2C)cc2c1OCCO2. The molecular formula is C17H16ClNO4. The van der Waals surface area contributed by atoms with Gasteiger partial charge in [0.15, 0.2) is 11.5 Å². The number of rotatable bonds is 3. The normalized spacial score (nSPS) is 12.7. The van der Waals surface area contributed by atoms with Crippen LogP contribution in [0.25, 0.3) is 0 Å². The molecule has 6 heteroatoms. The second-order valence-corrected chi connectivity index (χ2v) is 5.55. The standard InChI is InChI=1S/C17H16ClNO4/c1-10-3-4-12(18)9-13(10)19-17(20)11-7-14(21-2)16-15(8-11)22-5-6-23-16/h3-4,7-9H,5-6H2,1-2H3,(H,19,20). The Hall–Kier alpha value is -2.40. The highest BCUT2D eigenvalue weighted by Crippen LogP contribution is 2.40. The lowest BCUT2D eigenvalue weighted by molar-refractivity contribution is 0.102. The Kier molecular flexibility index (Phi) is 4.30. The molecule has 5 nitrogen and oxygen atoms in total. The molecule has 0 saturated carbocycles. The highest BCUT2D eigenvalue weighted by Gasteiger charge is 2.21. The molecule has 2 aromatic carbocycles. The number of anilines is 1. The summed E-state index contributed by atoms with van der Waals surface area (Å²) in [5.41, 5.74) is 2.01. The van der Waals surface area contributed by atoms with E-state index in [1.165, 1.54) is 7.11 Å². The molecule has 0 spiro atoms. The van der Waals surface area contributed by atoms with Crippen LogP contribution in [-0.4, -0.2) is 26.2 Å². The van der Waals surface area contributed by atoms with Crippen molar-refractivity contribution in [2.45, 2.75) is 6.92 Å². The summed E-state index contributed by atoms with van der Waals surface area (Å²) in [6, 6.07) is 8.61. The lowest BCUT2D eigenvalue weighted by atomic mass is 10.1. The van der Waals surface area contributed by atoms with Crippen LogP contribution < -0.4 is 19.5 Å². The van der Waals surface area contributed by atoms with E-state index in [1.54, 1.807) is 24.3 Å². The third-order valence-electron chi connectivity index (χ3n) is 3.54. The number of carbonyl (C=O) groups excluding carboxylic acids is 1. The van der Waals surface area contributed by atoms with E-state index < -0.39 is 0 Å². The van der Waals surface area contributed by atoms with Crippen LogP contribution >= 0.6 is 11.6 Å². The lowest BCUT2D eigenvalue weighted by Crippen LogP contribution is -2.18. The maximum absolute atomic E-state index is 12.5. The van der Waals surface area contributed by atoms with E-state index in [0.29, 0.717) is 46.7 Å². The molecule has 1 amide bonds. The van der Waals surface area contributed by atoms with Crippen molar-refractivity contribution in [2.24, 2.45) is 0 Å². The molecular weight excluding hydrogens is 318 g/mol. The smallest absolute Gasteiger partial charge is 0.255 e. The number of amides is 1. The molecule has 0 aliphatic carbocycles. The largest absolute Gasteiger partial charge is 0.493 e. The Morgan fingerprint density at radius 1 is 1.22 bits per heavy atom. The zero-order chi connectivity index (χ0) is 16.4. The molecule has 0 radical (unpaired) electrons. The van der Waals surface area contributed by atoms with Crippen LogP contribution in [0.5, 0.6) is 17.2 Å². The van der Waals surface area contributed by atoms with Gasteiger partial charge in [0.2, 0.25) is 5.75 Å². The number of methoxy groups -OCH3 is 1. The summed E-state index contributed by atoms with van der Waals surface area (Å²) in [5, 5.41) is 3.41. The van der Waals surface area contributed by atoms with Crippen LogP contribution in [0.1, 0.15) is 15.9 Å². The number of ether oxygens (including phenoxy) is 3. The van der Waals surface area contributed by atoms with Crippen LogP contribution in [0.3, 0.4) is 0 Å². The summed E-state index contributed by atoms with van der Waals surface area (Å²) < 4.78 is 16.4. The van der Waals surface area contributed by atoms with E-state index in [-0.39, 0.29) is 5.91 Å². The fourth-order valence-electron chi connectivity index (χ4n) is 2.33. The van der Waals surface area contributed by atoms with Gasteiger partial charge in [0.1, 0.15) is 13.2 Å². The van der Waals surface area contributed by atoms with E-state index in [0.717, 1.165) is 5.56 Å². The van der Waals surface area contributed by atoms with Gasteiger partial charge in [-0.15, -0.1) is 0 Å². The van der Waals surface area contributed by atoms with Gasteiger partial charge in [-0.1, -0.05) is 17.7 Å². The quantitative estimate of drug-likeness (QED) is 0.931. The molecule has 0 bridgehead atoms. The Bertz CT molecular complexity index is 743. The Labute approximate surface area is 139 Å². The first-order valence-corrected chi connectivity index (χ1v) is 7.51. The minimum atomic E-state index is -0.273. The van der Waals surface area contributed by atoms with Gasteiger partial charge in [0, 0.05) is 16.3 Å². The van der Waals surface area contributed by atoms with Gasteiger partial charge in [-0.05, 0) is 36.8 Å². The van der Waals surface area contributed by atoms with Gasteiger partial charge >= 0.3 is 0 Å². The van der Waals surface area contributed by atoms with Crippen molar-refractivity contribution < 1.29 is 19.0 Å². The van der Waals surface area contributed by atoms with E-state index in [4.69, 9.17) is 25.8 Å². The highest BCUT2D eigenvalue weighted by atomic mass is 35.5. The topological polar surface area (TPSA) is 56.8 Å². The molecule has 1 heterocycles. The molecule has 0 unspecified atom stereocenters. The van der Waals surface area contributed by atoms with Gasteiger partial charge in [0.05, 0.1) is 7.11 Å². The molecule has 3 rings (SSSR count). The van der Waals surface area contributed by atoms with Crippen LogP contribution in [0.15, 0.2) is 30.3 Å². The Balaban J connectivity index is 1.92. The first-order valence-electron chi connectivity index (χ1n) is 7.13. The monoisotopic (exact) mass is 333 g/mol. The van der Waals surface area contributed by atoms with E-state index in [1.807, 2.05) is 13.0 Å². The number of benzene rings is 2. The van der Waals surface area contributed by atoms with E-state index >= 15 is 0 Å². The van der Waals surface area contributed by atoms with Crippen LogP contribution in [0, 0.1) is 6.92 Å². The molecule has 23 heavy (non-hydrogen) atoms. The van der Waals surface area contributed by atoms with Gasteiger partial charge in [0.25, 0.3) is 5.91 Å². The summed E-state index contributed by atoms with van der Waals surface area (Å²) >= 11 is 5.98. The average molecular weight is 334 g/mol. The molecule has 0 aromatic heterocycles. The number of aryl methyl sites for hydroxylation is 1. The summed E-state index contributed by atoms with van der Waals surface area (Å²) in [5.74, 6) is 1.22. The second kappa shape index (κ2) is 6.38. The molecule has 0 atom stereocenters. The maximum atomic E-state index is 12.5. The average Bonchev–Trinajstić information content (AvgIpc) is 2.57. The molecule has 1 N–H and O–H groups in total. The fourth-order valence-corrected chi connectivity index (χ4v) is 2.50. The van der Waals surface area contributed by atoms with Crippen molar-refractivity contribution in [3.63, 3.8) is 0 Å². The first-order chi connectivity index (χ1) is 11.1. The van der Waals surface area contributed by atoms with E-state index in [9.17, 15) is 4.79 Å². The summed E-state index contributed by atoms with van der Waals surface area (Å²) in [6.07, 6.45) is 0. The third-order valence-corrected chi connectivity index (χ3v) is 3.77. The number of halogens is 1. The fraction of sp³-hybridized carbons (Fsp3) is 0.235. The number of hydrogen-bond acceptors (Lipinski definition) is 4. The zero-order valence-corrected chi connectivity index (χ0v) is 13.6. The third kappa shape index (κ3) is 3.19. The number of hydrogen-bond donors (Lipinski definition) is 1. The Morgan fingerprint density at radius 2 is 2.00 bits per heavy atom. The Morgan fingerprint density at radius 3 is 2.78 bits per heavy atom. The van der Waals surface area contributed by atoms with Gasteiger partial charge in [-0.25, -0.2) is 0 Å². The zero-order valence-electron chi connectivity index (χ0n) is 12.8. The highest BCUT2D eigenvalue weighted by molar-refractivity contribution is 6.31. The minimum absolute atomic E-state index is 0.273. The van der Waals surface area contributed by atoms with Crippen LogP contribution in [0.4, 0.5) is 5.69 Å². The van der Waals surface area contributed by atoms with Crippen molar-refractivity contribution in [2.75, 3.05) is 25.6 Å². The predicted octanol–water partition coefficient (Wildman–Crippen LogP) is 3.68.